The molecule has 2 heterocycles. The lowest BCUT2D eigenvalue weighted by molar-refractivity contribution is -0.103. The van der Waals surface area contributed by atoms with Gasteiger partial charge < -0.3 is 5.32 Å². The predicted octanol–water partition coefficient (Wildman–Crippen LogP) is 7.27. The number of hydrogen-bond donors (Lipinski definition) is 1. The molecule has 33 heavy (non-hydrogen) atoms. The molecular formula is C25H24Cl3N3OS. The summed E-state index contributed by atoms with van der Waals surface area (Å²) in [5.74, 6) is 1.97. The normalized spacial score (nSPS) is 24.2. The molecule has 3 unspecified atom stereocenters. The van der Waals surface area contributed by atoms with Crippen LogP contribution >= 0.6 is 46.1 Å². The zero-order valence-electron chi connectivity index (χ0n) is 18.4. The fourth-order valence-electron chi connectivity index (χ4n) is 6.31. The van der Waals surface area contributed by atoms with Crippen molar-refractivity contribution in [2.75, 3.05) is 6.54 Å². The van der Waals surface area contributed by atoms with Crippen molar-refractivity contribution in [1.29, 1.82) is 0 Å². The van der Waals surface area contributed by atoms with E-state index in [1.54, 1.807) is 28.2 Å². The van der Waals surface area contributed by atoms with Crippen LogP contribution in [0.25, 0.3) is 16.9 Å². The van der Waals surface area contributed by atoms with Crippen molar-refractivity contribution in [3.8, 4) is 16.9 Å². The van der Waals surface area contributed by atoms with Crippen LogP contribution in [0.1, 0.15) is 54.0 Å². The van der Waals surface area contributed by atoms with Gasteiger partial charge in [-0.15, -0.1) is 11.3 Å². The van der Waals surface area contributed by atoms with E-state index in [-0.39, 0.29) is 5.91 Å². The molecule has 3 aromatic rings. The van der Waals surface area contributed by atoms with Gasteiger partial charge in [-0.25, -0.2) is 4.68 Å². The Hall–Kier alpha value is -1.53. The van der Waals surface area contributed by atoms with Crippen LogP contribution in [-0.2, 0) is 6.42 Å². The average molecular weight is 521 g/mol. The van der Waals surface area contributed by atoms with Crippen molar-refractivity contribution in [1.82, 2.24) is 15.1 Å². The van der Waals surface area contributed by atoms with Crippen molar-refractivity contribution in [2.24, 2.45) is 23.2 Å². The Labute approximate surface area is 212 Å². The van der Waals surface area contributed by atoms with Crippen molar-refractivity contribution >= 4 is 52.0 Å². The largest absolute Gasteiger partial charge is 0.350 e. The third kappa shape index (κ3) is 3.38. The molecule has 1 N–H and O–H groups in total. The summed E-state index contributed by atoms with van der Waals surface area (Å²) in [7, 11) is 0. The van der Waals surface area contributed by atoms with Crippen LogP contribution in [0.2, 0.25) is 14.4 Å². The fraction of sp³-hybridized carbons (Fsp3) is 0.440. The first-order valence-corrected chi connectivity index (χ1v) is 13.3. The Morgan fingerprint density at radius 3 is 2.79 bits per heavy atom. The van der Waals surface area contributed by atoms with Crippen LogP contribution in [0.5, 0.6) is 0 Å². The van der Waals surface area contributed by atoms with Gasteiger partial charge in [-0.05, 0) is 66.7 Å². The third-order valence-corrected chi connectivity index (χ3v) is 10.0. The number of amides is 1. The molecule has 0 spiro atoms. The number of nitrogens with one attached hydrogen (secondary N) is 1. The maximum atomic E-state index is 13.4. The minimum absolute atomic E-state index is 0.115. The van der Waals surface area contributed by atoms with Gasteiger partial charge in [0, 0.05) is 34.0 Å². The predicted molar refractivity (Wildman–Crippen MR) is 135 cm³/mol. The minimum Gasteiger partial charge on any atom is -0.350 e. The first kappa shape index (κ1) is 22.0. The zero-order chi connectivity index (χ0) is 23.1. The Morgan fingerprint density at radius 1 is 1.24 bits per heavy atom. The summed E-state index contributed by atoms with van der Waals surface area (Å²) in [5, 5.41) is 9.02. The van der Waals surface area contributed by atoms with Crippen molar-refractivity contribution in [2.45, 2.75) is 39.5 Å². The number of thiophene rings is 1. The number of halogens is 3. The lowest BCUT2D eigenvalue weighted by atomic mass is 9.45. The van der Waals surface area contributed by atoms with Crippen molar-refractivity contribution in [3.05, 3.63) is 54.8 Å². The Morgan fingerprint density at radius 2 is 2.06 bits per heavy atom. The molecule has 7 rings (SSSR count). The van der Waals surface area contributed by atoms with Crippen molar-refractivity contribution in [3.63, 3.8) is 0 Å². The Balaban J connectivity index is 1.33. The monoisotopic (exact) mass is 519 g/mol. The molecular weight excluding hydrogens is 497 g/mol. The third-order valence-electron chi connectivity index (χ3n) is 8.23. The molecule has 4 aliphatic carbocycles. The topological polar surface area (TPSA) is 46.9 Å². The maximum Gasteiger partial charge on any atom is 0.272 e. The second-order valence-electron chi connectivity index (χ2n) is 10.2. The molecule has 0 saturated heterocycles. The Kier molecular flexibility index (Phi) is 5.15. The van der Waals surface area contributed by atoms with E-state index in [2.05, 4.69) is 19.2 Å². The molecule has 1 amide bonds. The summed E-state index contributed by atoms with van der Waals surface area (Å²) in [4.78, 5) is 14.5. The average Bonchev–Trinajstić information content (AvgIpc) is 3.41. The maximum absolute atomic E-state index is 13.4. The lowest BCUT2D eigenvalue weighted by Gasteiger charge is -2.60. The standard InChI is InChI=1S/C25H24Cl3N3OS/c1-25(2)13-4-3-12(17(25)7-13)11-29-24(32)22-16-9-20-15(10-21(28)33-20)23(16)31(30-22)19-6-5-14(26)8-18(19)27/h5-6,8,10,12-13,17H,3-4,7,9,11H2,1-2H3,(H,29,32). The summed E-state index contributed by atoms with van der Waals surface area (Å²) in [6.07, 6.45) is 4.41. The number of carbonyl (C=O) groups is 1. The van der Waals surface area contributed by atoms with E-state index in [1.165, 1.54) is 19.3 Å². The van der Waals surface area contributed by atoms with E-state index in [0.717, 1.165) is 32.0 Å². The number of rotatable bonds is 4. The number of carbonyl (C=O) groups excluding carboxylic acids is 1. The molecule has 3 saturated carbocycles. The molecule has 0 aliphatic heterocycles. The summed E-state index contributed by atoms with van der Waals surface area (Å²) < 4.78 is 2.50. The number of nitrogens with zero attached hydrogens (tertiary/aromatic N) is 2. The van der Waals surface area contributed by atoms with Crippen molar-refractivity contribution < 1.29 is 4.79 Å². The highest BCUT2D eigenvalue weighted by atomic mass is 35.5. The van der Waals surface area contributed by atoms with Gasteiger partial charge in [0.1, 0.15) is 0 Å². The van der Waals surface area contributed by atoms with E-state index < -0.39 is 0 Å². The van der Waals surface area contributed by atoms with Crippen LogP contribution in [0.3, 0.4) is 0 Å². The quantitative estimate of drug-likeness (QED) is 0.308. The second-order valence-corrected chi connectivity index (χ2v) is 12.8. The molecule has 8 heteroatoms. The number of aromatic nitrogens is 2. The van der Waals surface area contributed by atoms with Gasteiger partial charge in [0.2, 0.25) is 0 Å². The van der Waals surface area contributed by atoms with E-state index >= 15 is 0 Å². The Bertz CT molecular complexity index is 1290. The summed E-state index contributed by atoms with van der Waals surface area (Å²) in [6.45, 7) is 5.47. The minimum atomic E-state index is -0.115. The highest BCUT2D eigenvalue weighted by molar-refractivity contribution is 7.16. The van der Waals surface area contributed by atoms with E-state index in [1.807, 2.05) is 12.1 Å². The summed E-state index contributed by atoms with van der Waals surface area (Å²) in [5.41, 5.74) is 4.41. The highest BCUT2D eigenvalue weighted by Crippen LogP contribution is 2.61. The van der Waals surface area contributed by atoms with Gasteiger partial charge in [0.05, 0.1) is 20.7 Å². The first-order valence-electron chi connectivity index (χ1n) is 11.4. The van der Waals surface area contributed by atoms with Crippen LogP contribution < -0.4 is 5.32 Å². The van der Waals surface area contributed by atoms with Gasteiger partial charge in [0.25, 0.3) is 5.91 Å². The molecule has 3 atom stereocenters. The molecule has 4 nitrogen and oxygen atoms in total. The fourth-order valence-corrected chi connectivity index (χ4v) is 8.08. The van der Waals surface area contributed by atoms with Gasteiger partial charge in [-0.1, -0.05) is 48.7 Å². The summed E-state index contributed by atoms with van der Waals surface area (Å²) in [6, 6.07) is 7.26. The summed E-state index contributed by atoms with van der Waals surface area (Å²) >= 11 is 20.5. The van der Waals surface area contributed by atoms with Crippen LogP contribution in [0.4, 0.5) is 0 Å². The second kappa shape index (κ2) is 7.74. The van der Waals surface area contributed by atoms with Gasteiger partial charge in [-0.2, -0.15) is 5.10 Å². The smallest absolute Gasteiger partial charge is 0.272 e. The molecule has 4 aliphatic rings. The number of fused-ring (bicyclic) bond motifs is 5. The number of benzene rings is 1. The van der Waals surface area contributed by atoms with Gasteiger partial charge in [-0.3, -0.25) is 4.79 Å². The first-order chi connectivity index (χ1) is 15.7. The lowest BCUT2D eigenvalue weighted by Crippen LogP contribution is -2.54. The van der Waals surface area contributed by atoms with E-state index in [0.29, 0.717) is 51.6 Å². The molecule has 172 valence electrons. The highest BCUT2D eigenvalue weighted by Gasteiger charge is 2.54. The molecule has 0 radical (unpaired) electrons. The van der Waals surface area contributed by atoms with E-state index in [4.69, 9.17) is 39.9 Å². The van der Waals surface area contributed by atoms with Gasteiger partial charge >= 0.3 is 0 Å². The molecule has 2 aromatic heterocycles. The zero-order valence-corrected chi connectivity index (χ0v) is 21.5. The van der Waals surface area contributed by atoms with Crippen LogP contribution in [0.15, 0.2) is 24.3 Å². The van der Waals surface area contributed by atoms with E-state index in [9.17, 15) is 4.79 Å². The molecule has 2 bridgehead atoms. The molecule has 1 aromatic carbocycles. The number of hydrogen-bond acceptors (Lipinski definition) is 3. The van der Waals surface area contributed by atoms with Crippen LogP contribution in [-0.4, -0.2) is 22.2 Å². The van der Waals surface area contributed by atoms with Gasteiger partial charge in [0.15, 0.2) is 5.69 Å². The van der Waals surface area contributed by atoms with Crippen LogP contribution in [0, 0.1) is 23.2 Å². The SMILES string of the molecule is CC1(C)C2CCC(CNC(=O)c3nn(-c4ccc(Cl)cc4Cl)c4c3Cc3sc(Cl)cc3-4)C1C2. The molecule has 3 fully saturated rings.